The van der Waals surface area contributed by atoms with Crippen LogP contribution in [0.2, 0.25) is 56.9 Å². The summed E-state index contributed by atoms with van der Waals surface area (Å²) in [6, 6.07) is 0. The van der Waals surface area contributed by atoms with E-state index in [1.807, 2.05) is 0 Å². The lowest BCUT2D eigenvalue weighted by Gasteiger charge is -2.45. The maximum Gasteiger partial charge on any atom is 0.467 e. The first-order valence-corrected chi connectivity index (χ1v) is 21.0. The van der Waals surface area contributed by atoms with Gasteiger partial charge in [-0.15, -0.1) is 11.1 Å². The molecule has 0 rings (SSSR count). The Kier molecular flexibility index (Phi) is 9.00. The molecule has 0 saturated carbocycles. The average molecular weight is 415 g/mol. The zero-order valence-electron chi connectivity index (χ0n) is 17.2. The van der Waals surface area contributed by atoms with Gasteiger partial charge in [0.2, 0.25) is 0 Å². The molecule has 8 heteroatoms. The molecule has 0 aliphatic heterocycles. The number of rotatable bonds is 10. The van der Waals surface area contributed by atoms with E-state index in [2.05, 4.69) is 73.5 Å². The molecule has 2 unspecified atom stereocenters. The molecule has 0 N–H and O–H groups in total. The molecule has 0 bridgehead atoms. The summed E-state index contributed by atoms with van der Waals surface area (Å²) in [5.74, 6) is 0. The summed E-state index contributed by atoms with van der Waals surface area (Å²) in [7, 11) is -8.79. The van der Waals surface area contributed by atoms with Crippen LogP contribution in [-0.2, 0) is 12.3 Å². The van der Waals surface area contributed by atoms with Crippen LogP contribution in [0.15, 0.2) is 0 Å². The van der Waals surface area contributed by atoms with Crippen molar-refractivity contribution in [1.82, 2.24) is 0 Å². The number of hydrogen-bond acceptors (Lipinski definition) is 3. The van der Waals surface area contributed by atoms with Crippen molar-refractivity contribution < 1.29 is 12.3 Å². The van der Waals surface area contributed by atoms with E-state index in [0.717, 1.165) is 12.8 Å². The molecular formula is C15H39ClO3Si4. The lowest BCUT2D eigenvalue weighted by molar-refractivity contribution is 0.257. The summed E-state index contributed by atoms with van der Waals surface area (Å²) in [5, 5.41) is 0. The molecule has 0 amide bonds. The number of halogens is 1. The van der Waals surface area contributed by atoms with Gasteiger partial charge in [0, 0.05) is 6.55 Å². The fourth-order valence-electron chi connectivity index (χ4n) is 2.70. The summed E-state index contributed by atoms with van der Waals surface area (Å²) < 4.78 is 19.8. The van der Waals surface area contributed by atoms with E-state index in [1.54, 1.807) is 0 Å². The molecule has 0 heterocycles. The molecule has 23 heavy (non-hydrogen) atoms. The molecule has 0 spiro atoms. The molecule has 2 atom stereocenters. The van der Waals surface area contributed by atoms with Gasteiger partial charge in [-0.05, 0) is 50.4 Å². The first-order chi connectivity index (χ1) is 10.1. The van der Waals surface area contributed by atoms with Gasteiger partial charge in [-0.2, -0.15) is 0 Å². The predicted octanol–water partition coefficient (Wildman–Crippen LogP) is 6.56. The second-order valence-electron chi connectivity index (χ2n) is 8.71. The highest BCUT2D eigenvalue weighted by Gasteiger charge is 2.53. The standard InChI is InChI=1S/C15H39ClO3Si4/c1-12-14(3)23(16,15(4)13-2)19-22(11,17-20(5,6)7)18-21(8,9)10/h14-15H,12-13H2,1-11H3. The lowest BCUT2D eigenvalue weighted by Crippen LogP contribution is -2.60. The van der Waals surface area contributed by atoms with Crippen LogP contribution in [0.3, 0.4) is 0 Å². The molecule has 0 saturated heterocycles. The van der Waals surface area contributed by atoms with Crippen molar-refractivity contribution in [3.8, 4) is 0 Å². The monoisotopic (exact) mass is 414 g/mol. The van der Waals surface area contributed by atoms with Gasteiger partial charge in [-0.3, -0.25) is 0 Å². The van der Waals surface area contributed by atoms with Gasteiger partial charge >= 0.3 is 8.80 Å². The smallest absolute Gasteiger partial charge is 0.417 e. The van der Waals surface area contributed by atoms with Crippen LogP contribution < -0.4 is 0 Å². The summed E-state index contributed by atoms with van der Waals surface area (Å²) in [6.45, 7) is 24.1. The minimum Gasteiger partial charge on any atom is -0.417 e. The molecule has 0 fully saturated rings. The molecule has 0 aromatic heterocycles. The molecule has 140 valence electrons. The van der Waals surface area contributed by atoms with Crippen molar-refractivity contribution >= 4 is 44.1 Å². The zero-order chi connectivity index (χ0) is 18.7. The fraction of sp³-hybridized carbons (Fsp3) is 1.00. The predicted molar refractivity (Wildman–Crippen MR) is 113 cm³/mol. The van der Waals surface area contributed by atoms with E-state index in [1.165, 1.54) is 0 Å². The van der Waals surface area contributed by atoms with E-state index in [0.29, 0.717) is 11.1 Å². The van der Waals surface area contributed by atoms with Gasteiger partial charge in [0.15, 0.2) is 16.6 Å². The van der Waals surface area contributed by atoms with Crippen molar-refractivity contribution in [2.75, 3.05) is 0 Å². The Morgan fingerprint density at radius 1 is 0.696 bits per heavy atom. The maximum atomic E-state index is 7.20. The van der Waals surface area contributed by atoms with E-state index < -0.39 is 33.1 Å². The van der Waals surface area contributed by atoms with Gasteiger partial charge < -0.3 is 12.3 Å². The number of hydrogen-bond donors (Lipinski definition) is 0. The Balaban J connectivity index is 5.70. The molecule has 0 radical (unpaired) electrons. The largest absolute Gasteiger partial charge is 0.467 e. The van der Waals surface area contributed by atoms with Gasteiger partial charge in [0.05, 0.1) is 0 Å². The summed E-state index contributed by atoms with van der Waals surface area (Å²) >= 11 is 7.20. The normalized spacial score (nSPS) is 19.3. The van der Waals surface area contributed by atoms with E-state index in [9.17, 15) is 0 Å². The molecule has 3 nitrogen and oxygen atoms in total. The van der Waals surface area contributed by atoms with Gasteiger partial charge in [-0.25, -0.2) is 0 Å². The van der Waals surface area contributed by atoms with Crippen molar-refractivity contribution in [3.63, 3.8) is 0 Å². The highest BCUT2D eigenvalue weighted by atomic mass is 35.6. The highest BCUT2D eigenvalue weighted by Crippen LogP contribution is 2.43. The molecule has 0 aromatic carbocycles. The Hall–Kier alpha value is 1.04. The molecule has 0 aliphatic carbocycles. The third-order valence-electron chi connectivity index (χ3n) is 3.89. The second-order valence-corrected chi connectivity index (χ2v) is 26.5. The zero-order valence-corrected chi connectivity index (χ0v) is 21.9. The van der Waals surface area contributed by atoms with Crippen molar-refractivity contribution in [3.05, 3.63) is 0 Å². The molecular weight excluding hydrogens is 376 g/mol. The van der Waals surface area contributed by atoms with Crippen LogP contribution in [0.25, 0.3) is 0 Å². The Labute approximate surface area is 153 Å². The van der Waals surface area contributed by atoms with E-state index in [-0.39, 0.29) is 0 Å². The Morgan fingerprint density at radius 2 is 1.00 bits per heavy atom. The SMILES string of the molecule is CCC(C)[Si](Cl)(O[Si](C)(O[Si](C)(C)C)O[Si](C)(C)C)C(C)CC. The minimum atomic E-state index is -2.76. The first kappa shape index (κ1) is 24.0. The first-order valence-electron chi connectivity index (χ1n) is 8.88. The van der Waals surface area contributed by atoms with Crippen molar-refractivity contribution in [2.45, 2.75) is 97.4 Å². The average Bonchev–Trinajstić information content (AvgIpc) is 2.30. The van der Waals surface area contributed by atoms with Gasteiger partial charge in [0.25, 0.3) is 7.63 Å². The Morgan fingerprint density at radius 3 is 1.22 bits per heavy atom. The van der Waals surface area contributed by atoms with Gasteiger partial charge in [0.1, 0.15) is 0 Å². The summed E-state index contributed by atoms with van der Waals surface area (Å²) in [5.41, 5.74) is 0.753. The van der Waals surface area contributed by atoms with Crippen LogP contribution in [0.5, 0.6) is 0 Å². The van der Waals surface area contributed by atoms with Crippen LogP contribution in [0, 0.1) is 0 Å². The van der Waals surface area contributed by atoms with Crippen molar-refractivity contribution in [2.24, 2.45) is 0 Å². The molecule has 0 aromatic rings. The third kappa shape index (κ3) is 8.31. The third-order valence-corrected chi connectivity index (χ3v) is 20.9. The van der Waals surface area contributed by atoms with Crippen LogP contribution in [0.1, 0.15) is 40.5 Å². The topological polar surface area (TPSA) is 27.7 Å². The van der Waals surface area contributed by atoms with Crippen molar-refractivity contribution in [1.29, 1.82) is 0 Å². The highest BCUT2D eigenvalue weighted by molar-refractivity contribution is 7.20. The summed E-state index contributed by atoms with van der Waals surface area (Å²) in [6.07, 6.45) is 2.06. The Bertz CT molecular complexity index is 343. The second kappa shape index (κ2) is 8.61. The van der Waals surface area contributed by atoms with E-state index in [4.69, 9.17) is 23.4 Å². The van der Waals surface area contributed by atoms with Crippen LogP contribution in [0.4, 0.5) is 0 Å². The maximum absolute atomic E-state index is 7.20. The lowest BCUT2D eigenvalue weighted by atomic mass is 10.4. The quantitative estimate of drug-likeness (QED) is 0.299. The van der Waals surface area contributed by atoms with Crippen LogP contribution >= 0.6 is 11.1 Å². The van der Waals surface area contributed by atoms with Crippen LogP contribution in [-0.4, -0.2) is 33.1 Å². The fourth-order valence-corrected chi connectivity index (χ4v) is 21.4. The minimum absolute atomic E-state index is 0.376. The summed E-state index contributed by atoms with van der Waals surface area (Å²) in [4.78, 5) is 0. The molecule has 0 aliphatic rings. The van der Waals surface area contributed by atoms with E-state index >= 15 is 0 Å². The van der Waals surface area contributed by atoms with Gasteiger partial charge in [-0.1, -0.05) is 40.5 Å².